The lowest BCUT2D eigenvalue weighted by atomic mass is 9.90. The average molecular weight is 324 g/mol. The molecule has 1 saturated carbocycles. The zero-order chi connectivity index (χ0) is 15.4. The highest BCUT2D eigenvalue weighted by molar-refractivity contribution is 7.15. The maximum absolute atomic E-state index is 11.7. The molecular formula is C15H24N4O2S. The number of hydrogen-bond donors (Lipinski definition) is 0. The monoisotopic (exact) mass is 324 g/mol. The fraction of sp³-hybridized carbons (Fsp3) is 0.800. The van der Waals surface area contributed by atoms with Gasteiger partial charge in [0.05, 0.1) is 6.61 Å². The summed E-state index contributed by atoms with van der Waals surface area (Å²) in [5.41, 5.74) is 0. The number of anilines is 1. The first kappa shape index (κ1) is 15.5. The van der Waals surface area contributed by atoms with Crippen LogP contribution in [0.4, 0.5) is 9.93 Å². The van der Waals surface area contributed by atoms with Gasteiger partial charge >= 0.3 is 6.09 Å². The molecule has 3 rings (SSSR count). The van der Waals surface area contributed by atoms with Crippen LogP contribution in [0.15, 0.2) is 0 Å². The molecule has 0 bridgehead atoms. The number of rotatable bonds is 3. The molecule has 0 spiro atoms. The van der Waals surface area contributed by atoms with Crippen molar-refractivity contribution in [1.29, 1.82) is 0 Å². The van der Waals surface area contributed by atoms with Crippen molar-refractivity contribution in [1.82, 2.24) is 15.1 Å². The number of nitrogens with zero attached hydrogens (tertiary/aromatic N) is 4. The molecule has 0 unspecified atom stereocenters. The van der Waals surface area contributed by atoms with Gasteiger partial charge in [0, 0.05) is 32.1 Å². The first-order chi connectivity index (χ1) is 10.8. The van der Waals surface area contributed by atoms with Gasteiger partial charge in [0.25, 0.3) is 0 Å². The van der Waals surface area contributed by atoms with Gasteiger partial charge in [-0.1, -0.05) is 30.6 Å². The van der Waals surface area contributed by atoms with E-state index in [9.17, 15) is 4.79 Å². The van der Waals surface area contributed by atoms with Crippen LogP contribution < -0.4 is 4.90 Å². The second-order valence-electron chi connectivity index (χ2n) is 5.93. The summed E-state index contributed by atoms with van der Waals surface area (Å²) >= 11 is 1.73. The lowest BCUT2D eigenvalue weighted by Gasteiger charge is -2.33. The van der Waals surface area contributed by atoms with Crippen LogP contribution in [0.5, 0.6) is 0 Å². The van der Waals surface area contributed by atoms with Crippen molar-refractivity contribution in [3.63, 3.8) is 0 Å². The highest BCUT2D eigenvalue weighted by atomic mass is 32.1. The lowest BCUT2D eigenvalue weighted by molar-refractivity contribution is 0.105. The molecule has 0 aromatic carbocycles. The summed E-state index contributed by atoms with van der Waals surface area (Å²) in [6.07, 6.45) is 6.30. The van der Waals surface area contributed by atoms with Gasteiger partial charge in [-0.05, 0) is 19.8 Å². The summed E-state index contributed by atoms with van der Waals surface area (Å²) in [4.78, 5) is 15.7. The van der Waals surface area contributed by atoms with Crippen molar-refractivity contribution in [2.45, 2.75) is 44.9 Å². The zero-order valence-corrected chi connectivity index (χ0v) is 14.0. The number of hydrogen-bond acceptors (Lipinski definition) is 6. The Morgan fingerprint density at radius 1 is 1.18 bits per heavy atom. The molecule has 0 atom stereocenters. The largest absolute Gasteiger partial charge is 0.450 e. The highest BCUT2D eigenvalue weighted by Crippen LogP contribution is 2.36. The van der Waals surface area contributed by atoms with E-state index in [1.165, 1.54) is 37.1 Å². The van der Waals surface area contributed by atoms with Crippen LogP contribution in [0.25, 0.3) is 0 Å². The third kappa shape index (κ3) is 3.51. The van der Waals surface area contributed by atoms with Crippen molar-refractivity contribution in [2.75, 3.05) is 37.7 Å². The van der Waals surface area contributed by atoms with E-state index in [0.29, 0.717) is 25.6 Å². The fourth-order valence-electron chi connectivity index (χ4n) is 3.16. The third-order valence-electron chi connectivity index (χ3n) is 4.46. The first-order valence-corrected chi connectivity index (χ1v) is 9.09. The van der Waals surface area contributed by atoms with E-state index < -0.39 is 0 Å². The Balaban J connectivity index is 1.55. The minimum Gasteiger partial charge on any atom is -0.450 e. The van der Waals surface area contributed by atoms with E-state index in [4.69, 9.17) is 4.74 Å². The zero-order valence-electron chi connectivity index (χ0n) is 13.2. The van der Waals surface area contributed by atoms with Crippen LogP contribution >= 0.6 is 11.3 Å². The standard InChI is InChI=1S/C15H24N4O2S/c1-2-21-15(20)19-10-8-18(9-11-19)14-17-16-13(22-14)12-6-4-3-5-7-12/h12H,2-11H2,1H3. The quantitative estimate of drug-likeness (QED) is 0.855. The lowest BCUT2D eigenvalue weighted by Crippen LogP contribution is -2.49. The summed E-state index contributed by atoms with van der Waals surface area (Å²) in [6, 6.07) is 0. The van der Waals surface area contributed by atoms with Gasteiger partial charge in [-0.15, -0.1) is 10.2 Å². The van der Waals surface area contributed by atoms with Crippen LogP contribution in [0.1, 0.15) is 50.0 Å². The molecular weight excluding hydrogens is 300 g/mol. The van der Waals surface area contributed by atoms with E-state index in [1.54, 1.807) is 16.2 Å². The molecule has 2 fully saturated rings. The SMILES string of the molecule is CCOC(=O)N1CCN(c2nnc(C3CCCCC3)s2)CC1. The molecule has 1 aromatic heterocycles. The maximum Gasteiger partial charge on any atom is 0.409 e. The number of amides is 1. The number of carbonyl (C=O) groups is 1. The molecule has 1 aliphatic carbocycles. The summed E-state index contributed by atoms with van der Waals surface area (Å²) in [7, 11) is 0. The molecule has 2 heterocycles. The van der Waals surface area contributed by atoms with Crippen molar-refractivity contribution >= 4 is 22.6 Å². The third-order valence-corrected chi connectivity index (χ3v) is 5.61. The molecule has 0 N–H and O–H groups in total. The average Bonchev–Trinajstić information content (AvgIpc) is 3.06. The number of piperazine rings is 1. The maximum atomic E-state index is 11.7. The normalized spacial score (nSPS) is 20.2. The van der Waals surface area contributed by atoms with Crippen molar-refractivity contribution < 1.29 is 9.53 Å². The number of ether oxygens (including phenoxy) is 1. The number of aromatic nitrogens is 2. The molecule has 2 aliphatic rings. The van der Waals surface area contributed by atoms with Gasteiger partial charge in [-0.2, -0.15) is 0 Å². The molecule has 1 aromatic rings. The minimum absolute atomic E-state index is 0.206. The van der Waals surface area contributed by atoms with E-state index in [1.807, 2.05) is 6.92 Å². The first-order valence-electron chi connectivity index (χ1n) is 8.28. The molecule has 1 amide bonds. The molecule has 122 valence electrons. The summed E-state index contributed by atoms with van der Waals surface area (Å²) in [5, 5.41) is 11.0. The molecule has 6 nitrogen and oxygen atoms in total. The van der Waals surface area contributed by atoms with Crippen molar-refractivity contribution in [3.8, 4) is 0 Å². The summed E-state index contributed by atoms with van der Waals surface area (Å²) in [6.45, 7) is 5.26. The second kappa shape index (κ2) is 7.26. The molecule has 0 radical (unpaired) electrons. The van der Waals surface area contributed by atoms with E-state index >= 15 is 0 Å². The molecule has 22 heavy (non-hydrogen) atoms. The van der Waals surface area contributed by atoms with Crippen LogP contribution in [0.2, 0.25) is 0 Å². The van der Waals surface area contributed by atoms with Crippen molar-refractivity contribution in [3.05, 3.63) is 5.01 Å². The smallest absolute Gasteiger partial charge is 0.409 e. The van der Waals surface area contributed by atoms with Gasteiger partial charge in [0.15, 0.2) is 0 Å². The Morgan fingerprint density at radius 3 is 2.59 bits per heavy atom. The Hall–Kier alpha value is -1.37. The van der Waals surface area contributed by atoms with E-state index in [0.717, 1.165) is 18.2 Å². The Morgan fingerprint density at radius 2 is 1.91 bits per heavy atom. The highest BCUT2D eigenvalue weighted by Gasteiger charge is 2.25. The predicted octanol–water partition coefficient (Wildman–Crippen LogP) is 2.86. The van der Waals surface area contributed by atoms with E-state index in [2.05, 4.69) is 15.1 Å². The minimum atomic E-state index is -0.206. The molecule has 1 saturated heterocycles. The summed E-state index contributed by atoms with van der Waals surface area (Å²) in [5.74, 6) is 0.612. The van der Waals surface area contributed by atoms with Crippen molar-refractivity contribution in [2.24, 2.45) is 0 Å². The van der Waals surface area contributed by atoms with Crippen LogP contribution in [0, 0.1) is 0 Å². The van der Waals surface area contributed by atoms with Crippen LogP contribution in [-0.2, 0) is 4.74 Å². The second-order valence-corrected chi connectivity index (χ2v) is 6.92. The van der Waals surface area contributed by atoms with Crippen LogP contribution in [-0.4, -0.2) is 54.0 Å². The molecule has 1 aliphatic heterocycles. The van der Waals surface area contributed by atoms with Gasteiger partial charge < -0.3 is 14.5 Å². The summed E-state index contributed by atoms with van der Waals surface area (Å²) < 4.78 is 5.05. The van der Waals surface area contributed by atoms with Gasteiger partial charge in [-0.3, -0.25) is 0 Å². The van der Waals surface area contributed by atoms with E-state index in [-0.39, 0.29) is 6.09 Å². The Labute approximate surface area is 135 Å². The fourth-order valence-corrected chi connectivity index (χ4v) is 4.23. The van der Waals surface area contributed by atoms with Gasteiger partial charge in [0.2, 0.25) is 5.13 Å². The predicted molar refractivity (Wildman–Crippen MR) is 86.5 cm³/mol. The topological polar surface area (TPSA) is 58.6 Å². The van der Waals surface area contributed by atoms with Crippen LogP contribution in [0.3, 0.4) is 0 Å². The number of carbonyl (C=O) groups excluding carboxylic acids is 1. The Bertz CT molecular complexity index is 493. The molecule has 7 heteroatoms. The van der Waals surface area contributed by atoms with Gasteiger partial charge in [0.1, 0.15) is 5.01 Å². The Kier molecular flexibility index (Phi) is 5.12. The van der Waals surface area contributed by atoms with Gasteiger partial charge in [-0.25, -0.2) is 4.79 Å².